The molecule has 3 heterocycles. The lowest BCUT2D eigenvalue weighted by Crippen LogP contribution is -2.66. The Hall–Kier alpha value is -1.06. The van der Waals surface area contributed by atoms with E-state index in [9.17, 15) is 12.8 Å². The molecule has 0 amide bonds. The van der Waals surface area contributed by atoms with E-state index in [0.29, 0.717) is 27.6 Å². The number of nitrogens with one attached hydrogen (secondary N) is 1. The molecule has 0 saturated carbocycles. The van der Waals surface area contributed by atoms with E-state index in [2.05, 4.69) is 15.2 Å². The zero-order chi connectivity index (χ0) is 21.9. The van der Waals surface area contributed by atoms with Gasteiger partial charge in [0, 0.05) is 35.2 Å². The molecule has 31 heavy (non-hydrogen) atoms. The fraction of sp³-hybridized carbons (Fsp3) is 0.591. The Morgan fingerprint density at radius 2 is 2.13 bits per heavy atom. The smallest absolute Gasteiger partial charge is 0.187 e. The zero-order valence-electron chi connectivity index (χ0n) is 17.6. The number of nitrogens with zero attached hydrogens (tertiary/aromatic N) is 2. The number of thiazole rings is 1. The van der Waals surface area contributed by atoms with Crippen LogP contribution >= 0.6 is 22.9 Å². The summed E-state index contributed by atoms with van der Waals surface area (Å²) in [7, 11) is -3.82. The van der Waals surface area contributed by atoms with Crippen LogP contribution in [-0.4, -0.2) is 50.0 Å². The molecule has 5 nitrogen and oxygen atoms in total. The largest absolute Gasteiger partial charge is 0.315 e. The summed E-state index contributed by atoms with van der Waals surface area (Å²) in [6, 6.07) is 2.55. The third kappa shape index (κ3) is 5.30. The van der Waals surface area contributed by atoms with Crippen LogP contribution in [0.1, 0.15) is 49.1 Å². The maximum Gasteiger partial charge on any atom is 0.187 e. The van der Waals surface area contributed by atoms with Crippen LogP contribution < -0.4 is 5.32 Å². The van der Waals surface area contributed by atoms with Crippen molar-refractivity contribution in [2.75, 3.05) is 26.2 Å². The average Bonchev–Trinajstić information content (AvgIpc) is 3.24. The molecule has 1 unspecified atom stereocenters. The van der Waals surface area contributed by atoms with Crippen molar-refractivity contribution in [1.82, 2.24) is 15.2 Å². The highest BCUT2D eigenvalue weighted by atomic mass is 35.5. The fourth-order valence-corrected chi connectivity index (χ4v) is 7.40. The van der Waals surface area contributed by atoms with Crippen LogP contribution in [-0.2, 0) is 22.0 Å². The first kappa shape index (κ1) is 23.1. The van der Waals surface area contributed by atoms with E-state index in [1.54, 1.807) is 5.38 Å². The van der Waals surface area contributed by atoms with Crippen LogP contribution in [0.4, 0.5) is 4.39 Å². The predicted molar refractivity (Wildman–Crippen MR) is 123 cm³/mol. The number of unbranched alkanes of at least 4 members (excludes halogenated alkanes) is 2. The van der Waals surface area contributed by atoms with Crippen molar-refractivity contribution >= 4 is 32.8 Å². The minimum atomic E-state index is -3.82. The highest BCUT2D eigenvalue weighted by Crippen LogP contribution is 2.36. The Morgan fingerprint density at radius 3 is 2.81 bits per heavy atom. The molecule has 170 valence electrons. The van der Waals surface area contributed by atoms with Crippen LogP contribution in [0, 0.1) is 5.82 Å². The molecule has 9 heteroatoms. The van der Waals surface area contributed by atoms with Crippen molar-refractivity contribution in [3.63, 3.8) is 0 Å². The Bertz CT molecular complexity index is 992. The molecule has 2 fully saturated rings. The molecule has 1 atom stereocenters. The number of halogens is 2. The Morgan fingerprint density at radius 1 is 1.26 bits per heavy atom. The van der Waals surface area contributed by atoms with Gasteiger partial charge in [0.25, 0.3) is 0 Å². The van der Waals surface area contributed by atoms with Crippen molar-refractivity contribution in [2.45, 2.75) is 61.1 Å². The molecule has 0 aliphatic carbocycles. The fourth-order valence-electron chi connectivity index (χ4n) is 4.73. The molecule has 4 rings (SSSR count). The maximum atomic E-state index is 14.6. The number of benzene rings is 1. The number of hydrogen-bond donors (Lipinski definition) is 1. The molecule has 2 aliphatic heterocycles. The molecule has 2 aromatic rings. The SMILES string of the molecule is O=S(=O)(Cc1nccs1)c1cc(Cl)c(CCCCCN2CCC23CCCNC3)cc1F. The van der Waals surface area contributed by atoms with Crippen LogP contribution in [0.25, 0.3) is 0 Å². The third-order valence-electron chi connectivity index (χ3n) is 6.57. The minimum absolute atomic E-state index is 0.314. The second-order valence-corrected chi connectivity index (χ2v) is 12.0. The van der Waals surface area contributed by atoms with Gasteiger partial charge in [0.2, 0.25) is 0 Å². The molecule has 1 aromatic heterocycles. The highest BCUT2D eigenvalue weighted by molar-refractivity contribution is 7.90. The second-order valence-electron chi connectivity index (χ2n) is 8.61. The van der Waals surface area contributed by atoms with E-state index in [-0.39, 0.29) is 10.6 Å². The van der Waals surface area contributed by atoms with Crippen LogP contribution in [0.15, 0.2) is 28.6 Å². The summed E-state index contributed by atoms with van der Waals surface area (Å²) in [5.74, 6) is -1.05. The number of hydrogen-bond acceptors (Lipinski definition) is 6. The third-order valence-corrected chi connectivity index (χ3v) is 9.53. The van der Waals surface area contributed by atoms with Crippen LogP contribution in [0.3, 0.4) is 0 Å². The monoisotopic (exact) mass is 485 g/mol. The van der Waals surface area contributed by atoms with Gasteiger partial charge in [0.05, 0.1) is 0 Å². The molecular weight excluding hydrogens is 457 g/mol. The van der Waals surface area contributed by atoms with Crippen LogP contribution in [0.2, 0.25) is 5.02 Å². The number of likely N-dealkylation sites (tertiary alicyclic amines) is 1. The van der Waals surface area contributed by atoms with Gasteiger partial charge < -0.3 is 5.32 Å². The molecule has 2 aliphatic rings. The Labute approximate surface area is 192 Å². The Balaban J connectivity index is 1.28. The van der Waals surface area contributed by atoms with E-state index in [1.807, 2.05) is 0 Å². The lowest BCUT2D eigenvalue weighted by Gasteiger charge is -2.55. The first-order valence-corrected chi connectivity index (χ1v) is 13.9. The van der Waals surface area contributed by atoms with Gasteiger partial charge in [0.1, 0.15) is 21.5 Å². The van der Waals surface area contributed by atoms with Gasteiger partial charge in [-0.05, 0) is 69.3 Å². The van der Waals surface area contributed by atoms with Gasteiger partial charge >= 0.3 is 0 Å². The van der Waals surface area contributed by atoms with Crippen molar-refractivity contribution in [3.05, 3.63) is 45.1 Å². The topological polar surface area (TPSA) is 62.3 Å². The molecule has 0 radical (unpaired) electrons. The quantitative estimate of drug-likeness (QED) is 0.531. The number of rotatable bonds is 9. The van der Waals surface area contributed by atoms with E-state index >= 15 is 0 Å². The van der Waals surface area contributed by atoms with Gasteiger partial charge in [-0.3, -0.25) is 4.90 Å². The molecular formula is C22H29ClFN3O2S2. The number of aromatic nitrogens is 1. The zero-order valence-corrected chi connectivity index (χ0v) is 20.0. The summed E-state index contributed by atoms with van der Waals surface area (Å²) in [6.07, 6.45) is 9.11. The summed E-state index contributed by atoms with van der Waals surface area (Å²) >= 11 is 7.56. The van der Waals surface area contributed by atoms with Crippen molar-refractivity contribution < 1.29 is 12.8 Å². The number of sulfone groups is 1. The predicted octanol–water partition coefficient (Wildman–Crippen LogP) is 4.45. The first-order chi connectivity index (χ1) is 14.9. The normalized spacial score (nSPS) is 22.0. The van der Waals surface area contributed by atoms with Crippen molar-refractivity contribution in [2.24, 2.45) is 0 Å². The van der Waals surface area contributed by atoms with Crippen molar-refractivity contribution in [3.8, 4) is 0 Å². The summed E-state index contributed by atoms with van der Waals surface area (Å²) < 4.78 is 39.8. The first-order valence-electron chi connectivity index (χ1n) is 10.9. The van der Waals surface area contributed by atoms with Gasteiger partial charge in [-0.25, -0.2) is 17.8 Å². The van der Waals surface area contributed by atoms with E-state index in [0.717, 1.165) is 38.9 Å². The van der Waals surface area contributed by atoms with E-state index < -0.39 is 15.7 Å². The average molecular weight is 486 g/mol. The van der Waals surface area contributed by atoms with Gasteiger partial charge in [-0.2, -0.15) is 0 Å². The van der Waals surface area contributed by atoms with E-state index in [1.165, 1.54) is 55.5 Å². The molecule has 1 spiro atoms. The maximum absolute atomic E-state index is 14.6. The summed E-state index contributed by atoms with van der Waals surface area (Å²) in [5, 5.41) is 5.98. The highest BCUT2D eigenvalue weighted by Gasteiger charge is 2.44. The molecule has 2 saturated heterocycles. The lowest BCUT2D eigenvalue weighted by molar-refractivity contribution is -0.0324. The molecule has 1 aromatic carbocycles. The standard InChI is InChI=1S/C22H29ClFN3O2S2/c23-18-14-20(31(28,29)15-21-26-9-12-30-21)19(24)13-17(18)5-2-1-3-10-27-11-7-22(27)6-4-8-25-16-22/h9,12-14,25H,1-8,10-11,15-16H2. The van der Waals surface area contributed by atoms with Gasteiger partial charge in [0.15, 0.2) is 9.84 Å². The summed E-state index contributed by atoms with van der Waals surface area (Å²) in [4.78, 5) is 6.25. The molecule has 1 N–H and O–H groups in total. The van der Waals surface area contributed by atoms with Crippen LogP contribution in [0.5, 0.6) is 0 Å². The minimum Gasteiger partial charge on any atom is -0.315 e. The second kappa shape index (κ2) is 9.83. The summed E-state index contributed by atoms with van der Waals surface area (Å²) in [6.45, 7) is 4.55. The van der Waals surface area contributed by atoms with Gasteiger partial charge in [-0.1, -0.05) is 18.0 Å². The van der Waals surface area contributed by atoms with Gasteiger partial charge in [-0.15, -0.1) is 11.3 Å². The summed E-state index contributed by atoms with van der Waals surface area (Å²) in [5.41, 5.74) is 1.06. The number of aryl methyl sites for hydroxylation is 1. The van der Waals surface area contributed by atoms with E-state index in [4.69, 9.17) is 11.6 Å². The number of piperidine rings is 1. The lowest BCUT2D eigenvalue weighted by atomic mass is 9.78. The molecule has 0 bridgehead atoms. The van der Waals surface area contributed by atoms with Crippen molar-refractivity contribution in [1.29, 1.82) is 0 Å². The Kier molecular flexibility index (Phi) is 7.33.